The lowest BCUT2D eigenvalue weighted by Crippen LogP contribution is -2.21. The van der Waals surface area contributed by atoms with Gasteiger partial charge in [0.25, 0.3) is 5.78 Å². The van der Waals surface area contributed by atoms with E-state index in [1.165, 1.54) is 0 Å². The Morgan fingerprint density at radius 2 is 2.00 bits per heavy atom. The summed E-state index contributed by atoms with van der Waals surface area (Å²) in [5.74, 6) is -0.993. The van der Waals surface area contributed by atoms with E-state index in [9.17, 15) is 9.59 Å². The van der Waals surface area contributed by atoms with Gasteiger partial charge in [-0.3, -0.25) is 4.79 Å². The summed E-state index contributed by atoms with van der Waals surface area (Å²) in [6.45, 7) is 4.23. The third-order valence-corrected chi connectivity index (χ3v) is 3.08. The summed E-state index contributed by atoms with van der Waals surface area (Å²) >= 11 is 5.73. The molecule has 0 aromatic heterocycles. The number of halogens is 1. The first-order valence-corrected chi connectivity index (χ1v) is 6.48. The molecule has 0 saturated heterocycles. The van der Waals surface area contributed by atoms with Crippen LogP contribution in [0, 0.1) is 5.92 Å². The van der Waals surface area contributed by atoms with Crippen molar-refractivity contribution in [1.29, 1.82) is 0 Å². The number of hydrogen-bond donors (Lipinski definition) is 0. The molecule has 1 unspecified atom stereocenters. The number of ether oxygens (including phenoxy) is 1. The lowest BCUT2D eigenvalue weighted by molar-refractivity contribution is -0.139. The number of esters is 1. The van der Waals surface area contributed by atoms with Gasteiger partial charge in [0.1, 0.15) is 0 Å². The van der Waals surface area contributed by atoms with E-state index in [4.69, 9.17) is 16.3 Å². The standard InChI is InChI=1S/C14H17ClO3/c1-3-10(2)9-18-14(17)13(16)12-7-5-4-6-11(12)8-15/h4-7,10H,3,8-9H2,1-2H3. The number of Topliss-reactive ketones (excluding diaryl/α,β-unsaturated/α-hetero) is 1. The van der Waals surface area contributed by atoms with Crippen LogP contribution in [-0.4, -0.2) is 18.4 Å². The van der Waals surface area contributed by atoms with E-state index in [0.717, 1.165) is 6.42 Å². The molecule has 0 aliphatic heterocycles. The van der Waals surface area contributed by atoms with E-state index in [-0.39, 0.29) is 18.4 Å². The zero-order chi connectivity index (χ0) is 13.5. The van der Waals surface area contributed by atoms with Gasteiger partial charge in [0.2, 0.25) is 0 Å². The second-order valence-corrected chi connectivity index (χ2v) is 4.50. The highest BCUT2D eigenvalue weighted by atomic mass is 35.5. The molecule has 0 heterocycles. The average molecular weight is 269 g/mol. The number of alkyl halides is 1. The normalized spacial score (nSPS) is 11.9. The van der Waals surface area contributed by atoms with Crippen LogP contribution < -0.4 is 0 Å². The highest BCUT2D eigenvalue weighted by Gasteiger charge is 2.20. The fraction of sp³-hybridized carbons (Fsp3) is 0.429. The molecule has 1 aromatic rings. The molecule has 0 radical (unpaired) electrons. The van der Waals surface area contributed by atoms with Gasteiger partial charge < -0.3 is 4.74 Å². The minimum Gasteiger partial charge on any atom is -0.459 e. The third-order valence-electron chi connectivity index (χ3n) is 2.79. The third kappa shape index (κ3) is 3.84. The summed E-state index contributed by atoms with van der Waals surface area (Å²) in [6.07, 6.45) is 0.903. The van der Waals surface area contributed by atoms with Crippen molar-refractivity contribution < 1.29 is 14.3 Å². The second kappa shape index (κ2) is 7.17. The molecule has 0 bridgehead atoms. The Morgan fingerprint density at radius 3 is 2.61 bits per heavy atom. The smallest absolute Gasteiger partial charge is 0.379 e. The Labute approximate surface area is 112 Å². The van der Waals surface area contributed by atoms with Crippen molar-refractivity contribution in [2.75, 3.05) is 6.61 Å². The van der Waals surface area contributed by atoms with Crippen molar-refractivity contribution in [3.05, 3.63) is 35.4 Å². The van der Waals surface area contributed by atoms with E-state index in [0.29, 0.717) is 11.1 Å². The average Bonchev–Trinajstić information content (AvgIpc) is 2.43. The molecule has 0 N–H and O–H groups in total. The van der Waals surface area contributed by atoms with Crippen LogP contribution in [0.25, 0.3) is 0 Å². The fourth-order valence-corrected chi connectivity index (χ4v) is 1.60. The molecular formula is C14H17ClO3. The molecule has 0 saturated carbocycles. The summed E-state index contributed by atoms with van der Waals surface area (Å²) in [6, 6.07) is 6.79. The Morgan fingerprint density at radius 1 is 1.33 bits per heavy atom. The summed E-state index contributed by atoms with van der Waals surface area (Å²) in [5, 5.41) is 0. The number of benzene rings is 1. The predicted molar refractivity (Wildman–Crippen MR) is 70.7 cm³/mol. The molecule has 1 rings (SSSR count). The number of hydrogen-bond acceptors (Lipinski definition) is 3. The van der Waals surface area contributed by atoms with E-state index in [1.807, 2.05) is 13.8 Å². The zero-order valence-corrected chi connectivity index (χ0v) is 11.4. The maximum Gasteiger partial charge on any atom is 0.379 e. The molecule has 0 fully saturated rings. The van der Waals surface area contributed by atoms with Crippen molar-refractivity contribution in [2.24, 2.45) is 5.92 Å². The molecule has 0 aliphatic carbocycles. The van der Waals surface area contributed by atoms with Gasteiger partial charge in [-0.1, -0.05) is 44.5 Å². The Bertz CT molecular complexity index is 429. The van der Waals surface area contributed by atoms with Gasteiger partial charge in [-0.05, 0) is 11.5 Å². The van der Waals surface area contributed by atoms with Crippen LogP contribution in [0.1, 0.15) is 36.2 Å². The first-order valence-electron chi connectivity index (χ1n) is 5.95. The van der Waals surface area contributed by atoms with Crippen LogP contribution >= 0.6 is 11.6 Å². The van der Waals surface area contributed by atoms with Gasteiger partial charge in [0, 0.05) is 11.4 Å². The van der Waals surface area contributed by atoms with Gasteiger partial charge in [0.05, 0.1) is 6.61 Å². The van der Waals surface area contributed by atoms with Crippen LogP contribution in [0.15, 0.2) is 24.3 Å². The lowest BCUT2D eigenvalue weighted by Gasteiger charge is -2.10. The largest absolute Gasteiger partial charge is 0.459 e. The van der Waals surface area contributed by atoms with E-state index in [1.54, 1.807) is 24.3 Å². The fourth-order valence-electron chi connectivity index (χ4n) is 1.37. The zero-order valence-electron chi connectivity index (χ0n) is 10.6. The molecule has 98 valence electrons. The molecule has 0 amide bonds. The molecule has 18 heavy (non-hydrogen) atoms. The maximum absolute atomic E-state index is 11.9. The molecular weight excluding hydrogens is 252 g/mol. The maximum atomic E-state index is 11.9. The van der Waals surface area contributed by atoms with Crippen molar-refractivity contribution in [3.8, 4) is 0 Å². The molecule has 4 heteroatoms. The summed E-state index contributed by atoms with van der Waals surface area (Å²) in [4.78, 5) is 23.5. The summed E-state index contributed by atoms with van der Waals surface area (Å²) in [5.41, 5.74) is 0.964. The van der Waals surface area contributed by atoms with Crippen LogP contribution in [0.2, 0.25) is 0 Å². The minimum absolute atomic E-state index is 0.195. The predicted octanol–water partition coefficient (Wildman–Crippen LogP) is 3.20. The molecule has 1 atom stereocenters. The van der Waals surface area contributed by atoms with Crippen molar-refractivity contribution in [3.63, 3.8) is 0 Å². The number of carbonyl (C=O) groups excluding carboxylic acids is 2. The lowest BCUT2D eigenvalue weighted by atomic mass is 10.0. The Hall–Kier alpha value is -1.35. The minimum atomic E-state index is -0.812. The van der Waals surface area contributed by atoms with Gasteiger partial charge in [0.15, 0.2) is 0 Å². The van der Waals surface area contributed by atoms with E-state index >= 15 is 0 Å². The highest BCUT2D eigenvalue weighted by molar-refractivity contribution is 6.41. The van der Waals surface area contributed by atoms with E-state index < -0.39 is 11.8 Å². The summed E-state index contributed by atoms with van der Waals surface area (Å²) < 4.78 is 4.98. The van der Waals surface area contributed by atoms with Crippen molar-refractivity contribution in [2.45, 2.75) is 26.1 Å². The van der Waals surface area contributed by atoms with Crippen LogP contribution in [-0.2, 0) is 15.4 Å². The molecule has 0 aliphatic rings. The first-order chi connectivity index (χ1) is 8.60. The molecule has 3 nitrogen and oxygen atoms in total. The molecule has 0 spiro atoms. The van der Waals surface area contributed by atoms with Gasteiger partial charge in [-0.15, -0.1) is 11.6 Å². The second-order valence-electron chi connectivity index (χ2n) is 4.23. The van der Waals surface area contributed by atoms with Crippen molar-refractivity contribution in [1.82, 2.24) is 0 Å². The van der Waals surface area contributed by atoms with Gasteiger partial charge in [-0.2, -0.15) is 0 Å². The Kier molecular flexibility index (Phi) is 5.86. The number of ketones is 1. The van der Waals surface area contributed by atoms with Crippen LogP contribution in [0.3, 0.4) is 0 Å². The van der Waals surface area contributed by atoms with Crippen LogP contribution in [0.5, 0.6) is 0 Å². The highest BCUT2D eigenvalue weighted by Crippen LogP contribution is 2.13. The molecule has 1 aromatic carbocycles. The quantitative estimate of drug-likeness (QED) is 0.344. The van der Waals surface area contributed by atoms with E-state index in [2.05, 4.69) is 0 Å². The number of carbonyl (C=O) groups is 2. The Balaban J connectivity index is 2.71. The summed E-state index contributed by atoms with van der Waals surface area (Å²) in [7, 11) is 0. The van der Waals surface area contributed by atoms with Crippen LogP contribution in [0.4, 0.5) is 0 Å². The van der Waals surface area contributed by atoms with Gasteiger partial charge in [-0.25, -0.2) is 4.79 Å². The monoisotopic (exact) mass is 268 g/mol. The van der Waals surface area contributed by atoms with Crippen molar-refractivity contribution >= 4 is 23.4 Å². The SMILES string of the molecule is CCC(C)COC(=O)C(=O)c1ccccc1CCl. The topological polar surface area (TPSA) is 43.4 Å². The number of rotatable bonds is 6. The first kappa shape index (κ1) is 14.7. The van der Waals surface area contributed by atoms with Gasteiger partial charge >= 0.3 is 5.97 Å².